The van der Waals surface area contributed by atoms with Crippen LogP contribution < -0.4 is 15.4 Å². The highest BCUT2D eigenvalue weighted by Gasteiger charge is 2.41. The second-order valence-corrected chi connectivity index (χ2v) is 8.64. The van der Waals surface area contributed by atoms with Gasteiger partial charge in [0.2, 0.25) is 0 Å². The van der Waals surface area contributed by atoms with Crippen LogP contribution in [0.25, 0.3) is 0 Å². The molecule has 1 aromatic rings. The van der Waals surface area contributed by atoms with Crippen LogP contribution in [-0.4, -0.2) is 68.9 Å². The Bertz CT molecular complexity index is 1050. The summed E-state index contributed by atoms with van der Waals surface area (Å²) in [6, 6.07) is 0. The Balaban J connectivity index is 1.74. The normalized spacial score (nSPS) is 16.1. The van der Waals surface area contributed by atoms with E-state index in [1.54, 1.807) is 19.9 Å². The molecule has 0 bridgehead atoms. The molecule has 2 N–H and O–H groups in total. The number of alkyl halides is 3. The summed E-state index contributed by atoms with van der Waals surface area (Å²) in [5.74, 6) is -3.11. The van der Waals surface area contributed by atoms with Crippen LogP contribution in [0, 0.1) is 6.92 Å². The zero-order valence-electron chi connectivity index (χ0n) is 20.5. The molecule has 3 rings (SSSR count). The molecular formula is C24H30F3N3O6. The third-order valence-electron chi connectivity index (χ3n) is 6.16. The number of amides is 1. The van der Waals surface area contributed by atoms with Crippen molar-refractivity contribution >= 4 is 23.5 Å². The summed E-state index contributed by atoms with van der Waals surface area (Å²) in [4.78, 5) is 38.3. The SMILES string of the molecule is COc1c(C)c2c(c(NC(=O)C(F)(F)F)c1CC=C(C)CCC(=O)OCCN1CCNC1)C(=O)OC2. The summed E-state index contributed by atoms with van der Waals surface area (Å²) < 4.78 is 54.8. The molecule has 198 valence electrons. The van der Waals surface area contributed by atoms with Crippen molar-refractivity contribution in [1.29, 1.82) is 0 Å². The van der Waals surface area contributed by atoms with Crippen molar-refractivity contribution in [2.75, 3.05) is 45.3 Å². The molecule has 1 fully saturated rings. The molecule has 0 unspecified atom stereocenters. The average molecular weight is 514 g/mol. The first-order chi connectivity index (χ1) is 17.0. The van der Waals surface area contributed by atoms with Crippen LogP contribution in [-0.2, 0) is 32.1 Å². The average Bonchev–Trinajstić information content (AvgIpc) is 3.47. The summed E-state index contributed by atoms with van der Waals surface area (Å²) in [5.41, 5.74) is 1.52. The largest absolute Gasteiger partial charge is 0.496 e. The van der Waals surface area contributed by atoms with Gasteiger partial charge in [0.1, 0.15) is 19.0 Å². The van der Waals surface area contributed by atoms with Crippen LogP contribution in [0.2, 0.25) is 0 Å². The summed E-state index contributed by atoms with van der Waals surface area (Å²) in [6.45, 7) is 6.86. The number of cyclic esters (lactones) is 1. The molecule has 9 nitrogen and oxygen atoms in total. The number of halogens is 3. The first kappa shape index (κ1) is 27.5. The molecule has 0 aromatic heterocycles. The van der Waals surface area contributed by atoms with Gasteiger partial charge in [-0.15, -0.1) is 0 Å². The Labute approximate surface area is 206 Å². The van der Waals surface area contributed by atoms with Gasteiger partial charge in [-0.25, -0.2) is 4.79 Å². The first-order valence-electron chi connectivity index (χ1n) is 11.5. The number of fused-ring (bicyclic) bond motifs is 1. The fourth-order valence-electron chi connectivity index (χ4n) is 4.16. The van der Waals surface area contributed by atoms with Gasteiger partial charge in [-0.3, -0.25) is 14.5 Å². The summed E-state index contributed by atoms with van der Waals surface area (Å²) >= 11 is 0. The Kier molecular flexibility index (Phi) is 8.96. The fraction of sp³-hybridized carbons (Fsp3) is 0.542. The predicted molar refractivity (Wildman–Crippen MR) is 124 cm³/mol. The quantitative estimate of drug-likeness (QED) is 0.364. The number of rotatable bonds is 10. The number of carbonyl (C=O) groups is 3. The molecule has 12 heteroatoms. The maximum Gasteiger partial charge on any atom is 0.471 e. The van der Waals surface area contributed by atoms with Crippen molar-refractivity contribution in [3.63, 3.8) is 0 Å². The topological polar surface area (TPSA) is 106 Å². The number of hydrogen-bond donors (Lipinski definition) is 2. The smallest absolute Gasteiger partial charge is 0.471 e. The van der Waals surface area contributed by atoms with Crippen molar-refractivity contribution in [3.8, 4) is 5.75 Å². The number of anilines is 1. The van der Waals surface area contributed by atoms with Crippen LogP contribution in [0.4, 0.5) is 18.9 Å². The number of nitrogens with zero attached hydrogens (tertiary/aromatic N) is 1. The van der Waals surface area contributed by atoms with Crippen LogP contribution in [0.1, 0.15) is 46.8 Å². The molecule has 2 heterocycles. The standard InChI is InChI=1S/C24H30F3N3O6/c1-14(5-7-18(31)35-11-10-30-9-8-28-13-30)4-6-16-20(29-23(33)24(25,26)27)19-17(12-36-22(19)32)15(2)21(16)34-3/h4,28H,5-13H2,1-3H3,(H,29,33). The lowest BCUT2D eigenvalue weighted by Crippen LogP contribution is -2.31. The van der Waals surface area contributed by atoms with Gasteiger partial charge in [0.25, 0.3) is 0 Å². The second kappa shape index (κ2) is 11.7. The maximum atomic E-state index is 13.0. The van der Waals surface area contributed by atoms with Gasteiger partial charge in [-0.05, 0) is 32.3 Å². The molecule has 2 aliphatic rings. The van der Waals surface area contributed by atoms with Gasteiger partial charge in [0.15, 0.2) is 0 Å². The molecule has 2 aliphatic heterocycles. The van der Waals surface area contributed by atoms with Gasteiger partial charge in [-0.2, -0.15) is 13.2 Å². The zero-order chi connectivity index (χ0) is 26.5. The number of nitrogens with one attached hydrogen (secondary N) is 2. The van der Waals surface area contributed by atoms with E-state index in [9.17, 15) is 27.6 Å². The second-order valence-electron chi connectivity index (χ2n) is 8.64. The van der Waals surface area contributed by atoms with E-state index in [4.69, 9.17) is 14.2 Å². The summed E-state index contributed by atoms with van der Waals surface area (Å²) in [6.07, 6.45) is -2.85. The van der Waals surface area contributed by atoms with E-state index >= 15 is 0 Å². The maximum absolute atomic E-state index is 13.0. The third kappa shape index (κ3) is 6.55. The molecule has 0 aliphatic carbocycles. The number of esters is 2. The fourth-order valence-corrected chi connectivity index (χ4v) is 4.16. The van der Waals surface area contributed by atoms with Crippen molar-refractivity contribution < 1.29 is 41.8 Å². The van der Waals surface area contributed by atoms with E-state index in [0.717, 1.165) is 25.3 Å². The van der Waals surface area contributed by atoms with E-state index in [2.05, 4.69) is 10.2 Å². The number of benzene rings is 1. The van der Waals surface area contributed by atoms with Crippen molar-refractivity contribution in [1.82, 2.24) is 10.2 Å². The molecule has 1 saturated heterocycles. The third-order valence-corrected chi connectivity index (χ3v) is 6.16. The molecule has 0 saturated carbocycles. The lowest BCUT2D eigenvalue weighted by Gasteiger charge is -2.20. The van der Waals surface area contributed by atoms with Crippen LogP contribution in [0.3, 0.4) is 0 Å². The summed E-state index contributed by atoms with van der Waals surface area (Å²) in [5, 5.41) is 5.04. The highest BCUT2D eigenvalue weighted by molar-refractivity contribution is 6.07. The highest BCUT2D eigenvalue weighted by atomic mass is 19.4. The van der Waals surface area contributed by atoms with Crippen LogP contribution in [0.15, 0.2) is 11.6 Å². The van der Waals surface area contributed by atoms with Gasteiger partial charge >= 0.3 is 24.0 Å². The molecule has 1 amide bonds. The summed E-state index contributed by atoms with van der Waals surface area (Å²) in [7, 11) is 1.36. The van der Waals surface area contributed by atoms with Crippen molar-refractivity contribution in [2.24, 2.45) is 0 Å². The van der Waals surface area contributed by atoms with E-state index in [1.165, 1.54) is 7.11 Å². The van der Waals surface area contributed by atoms with Gasteiger partial charge in [-0.1, -0.05) is 11.6 Å². The molecule has 0 radical (unpaired) electrons. The number of allylic oxidation sites excluding steroid dienone is 2. The van der Waals surface area contributed by atoms with Crippen LogP contribution in [0.5, 0.6) is 5.75 Å². The Morgan fingerprint density at radius 1 is 1.28 bits per heavy atom. The minimum absolute atomic E-state index is 0.0564. The van der Waals surface area contributed by atoms with Crippen molar-refractivity contribution in [3.05, 3.63) is 33.9 Å². The zero-order valence-corrected chi connectivity index (χ0v) is 20.5. The molecule has 36 heavy (non-hydrogen) atoms. The van der Waals surface area contributed by atoms with Gasteiger partial charge in [0.05, 0.1) is 18.4 Å². The lowest BCUT2D eigenvalue weighted by atomic mass is 9.93. The van der Waals surface area contributed by atoms with E-state index in [-0.39, 0.29) is 48.0 Å². The Morgan fingerprint density at radius 2 is 2.03 bits per heavy atom. The Hall–Kier alpha value is -3.12. The minimum Gasteiger partial charge on any atom is -0.496 e. The molecule has 0 spiro atoms. The van der Waals surface area contributed by atoms with Gasteiger partial charge in [0, 0.05) is 43.9 Å². The Morgan fingerprint density at radius 3 is 2.67 bits per heavy atom. The monoisotopic (exact) mass is 513 g/mol. The van der Waals surface area contributed by atoms with E-state index < -0.39 is 18.1 Å². The number of carbonyl (C=O) groups excluding carboxylic acids is 3. The predicted octanol–water partition coefficient (Wildman–Crippen LogP) is 2.85. The molecule has 1 aromatic carbocycles. The lowest BCUT2D eigenvalue weighted by molar-refractivity contribution is -0.167. The molecule has 0 atom stereocenters. The minimum atomic E-state index is -5.15. The number of methoxy groups -OCH3 is 1. The van der Waals surface area contributed by atoms with Crippen LogP contribution >= 0.6 is 0 Å². The number of hydrogen-bond acceptors (Lipinski definition) is 8. The molecular weight excluding hydrogens is 483 g/mol. The van der Waals surface area contributed by atoms with Gasteiger partial charge < -0.3 is 24.8 Å². The van der Waals surface area contributed by atoms with E-state index in [0.29, 0.717) is 30.7 Å². The number of ether oxygens (including phenoxy) is 3. The first-order valence-corrected chi connectivity index (χ1v) is 11.5. The highest BCUT2D eigenvalue weighted by Crippen LogP contribution is 2.42. The van der Waals surface area contributed by atoms with Crippen molar-refractivity contribution in [2.45, 2.75) is 45.9 Å². The van der Waals surface area contributed by atoms with E-state index in [1.807, 2.05) is 5.32 Å².